The first-order valence-electron chi connectivity index (χ1n) is 6.99. The Kier molecular flexibility index (Phi) is 6.02. The fraction of sp³-hybridized carbons (Fsp3) is 0.571. The largest absolute Gasteiger partial charge is 0.462 e. The number of carbonyl (C=O) groups excluding carboxylic acids is 2. The van der Waals surface area contributed by atoms with Gasteiger partial charge in [-0.05, 0) is 19.3 Å². The number of carbonyl (C=O) groups is 2. The van der Waals surface area contributed by atoms with Crippen molar-refractivity contribution in [1.82, 2.24) is 0 Å². The zero-order valence-corrected chi connectivity index (χ0v) is 13.7. The standard InChI is InChI=1S/C14H23N3O3S/c1-5-8(7(3)4)17-13-9(14(19)20-6-2)10(15)11(21-13)12(16)18/h7-8,17H,5-6,15H2,1-4H3,(H2,16,18). The maximum Gasteiger partial charge on any atom is 0.343 e. The fourth-order valence-corrected chi connectivity index (χ4v) is 3.07. The van der Waals surface area contributed by atoms with Crippen LogP contribution in [-0.2, 0) is 4.74 Å². The molecule has 0 aliphatic rings. The van der Waals surface area contributed by atoms with E-state index in [4.69, 9.17) is 16.2 Å². The van der Waals surface area contributed by atoms with E-state index in [1.165, 1.54) is 0 Å². The predicted octanol–water partition coefficient (Wildman–Crippen LogP) is 2.45. The zero-order valence-electron chi connectivity index (χ0n) is 12.9. The molecule has 6 nitrogen and oxygen atoms in total. The van der Waals surface area contributed by atoms with Crippen LogP contribution < -0.4 is 16.8 Å². The van der Waals surface area contributed by atoms with Crippen LogP contribution in [0.3, 0.4) is 0 Å². The first-order chi connectivity index (χ1) is 9.83. The molecule has 1 amide bonds. The molecule has 0 aliphatic carbocycles. The van der Waals surface area contributed by atoms with E-state index in [-0.39, 0.29) is 28.8 Å². The van der Waals surface area contributed by atoms with Gasteiger partial charge in [0.25, 0.3) is 5.91 Å². The normalized spacial score (nSPS) is 12.2. The van der Waals surface area contributed by atoms with E-state index in [1.807, 2.05) is 6.92 Å². The Morgan fingerprint density at radius 2 is 1.95 bits per heavy atom. The first-order valence-corrected chi connectivity index (χ1v) is 7.80. The van der Waals surface area contributed by atoms with Crippen LogP contribution >= 0.6 is 11.3 Å². The van der Waals surface area contributed by atoms with Crippen molar-refractivity contribution in [2.45, 2.75) is 40.2 Å². The summed E-state index contributed by atoms with van der Waals surface area (Å²) >= 11 is 1.10. The number of anilines is 2. The summed E-state index contributed by atoms with van der Waals surface area (Å²) in [6, 6.07) is 0.164. The van der Waals surface area contributed by atoms with E-state index in [0.717, 1.165) is 17.8 Å². The van der Waals surface area contributed by atoms with Gasteiger partial charge in [-0.1, -0.05) is 20.8 Å². The number of nitrogen functional groups attached to an aromatic ring is 1. The van der Waals surface area contributed by atoms with Crippen molar-refractivity contribution in [1.29, 1.82) is 0 Å². The van der Waals surface area contributed by atoms with Gasteiger partial charge >= 0.3 is 5.97 Å². The van der Waals surface area contributed by atoms with Crippen LogP contribution in [0.1, 0.15) is 54.1 Å². The third-order valence-corrected chi connectivity index (χ3v) is 4.36. The molecule has 0 bridgehead atoms. The Bertz CT molecular complexity index is 526. The topological polar surface area (TPSA) is 107 Å². The van der Waals surface area contributed by atoms with Crippen molar-refractivity contribution in [2.75, 3.05) is 17.7 Å². The van der Waals surface area contributed by atoms with Gasteiger partial charge in [0, 0.05) is 6.04 Å². The minimum atomic E-state index is -0.645. The van der Waals surface area contributed by atoms with Crippen LogP contribution in [0.15, 0.2) is 0 Å². The minimum Gasteiger partial charge on any atom is -0.462 e. The number of esters is 1. The molecule has 0 saturated heterocycles. The molecule has 1 aromatic rings. The monoisotopic (exact) mass is 313 g/mol. The van der Waals surface area contributed by atoms with Gasteiger partial charge in [-0.15, -0.1) is 11.3 Å². The zero-order chi connectivity index (χ0) is 16.2. The van der Waals surface area contributed by atoms with Crippen molar-refractivity contribution < 1.29 is 14.3 Å². The van der Waals surface area contributed by atoms with Crippen molar-refractivity contribution in [3.05, 3.63) is 10.4 Å². The Morgan fingerprint density at radius 3 is 2.38 bits per heavy atom. The molecule has 0 radical (unpaired) electrons. The highest BCUT2D eigenvalue weighted by Gasteiger charge is 2.27. The molecular weight excluding hydrogens is 290 g/mol. The van der Waals surface area contributed by atoms with Crippen LogP contribution in [-0.4, -0.2) is 24.5 Å². The van der Waals surface area contributed by atoms with Gasteiger partial charge in [-0.25, -0.2) is 4.79 Å². The van der Waals surface area contributed by atoms with Gasteiger partial charge in [0.2, 0.25) is 0 Å². The molecule has 1 heterocycles. The molecule has 0 fully saturated rings. The second-order valence-electron chi connectivity index (χ2n) is 5.04. The summed E-state index contributed by atoms with van der Waals surface area (Å²) < 4.78 is 5.01. The van der Waals surface area contributed by atoms with E-state index in [1.54, 1.807) is 6.92 Å². The lowest BCUT2D eigenvalue weighted by Gasteiger charge is -2.21. The predicted molar refractivity (Wildman–Crippen MR) is 85.7 cm³/mol. The molecule has 118 valence electrons. The molecule has 0 saturated carbocycles. The van der Waals surface area contributed by atoms with Crippen molar-refractivity contribution in [2.24, 2.45) is 11.7 Å². The Labute approximate surface area is 128 Å². The van der Waals surface area contributed by atoms with Crippen molar-refractivity contribution in [3.8, 4) is 0 Å². The Hall–Kier alpha value is -1.76. The average molecular weight is 313 g/mol. The summed E-state index contributed by atoms with van der Waals surface area (Å²) in [5.41, 5.74) is 11.5. The van der Waals surface area contributed by atoms with Crippen LogP contribution in [0.25, 0.3) is 0 Å². The summed E-state index contributed by atoms with van der Waals surface area (Å²) in [5.74, 6) is -0.820. The van der Waals surface area contributed by atoms with Crippen LogP contribution in [0, 0.1) is 5.92 Å². The molecule has 1 rings (SSSR count). The van der Waals surface area contributed by atoms with Gasteiger partial charge in [0.05, 0.1) is 12.3 Å². The number of ether oxygens (including phenoxy) is 1. The molecule has 1 aromatic heterocycles. The molecule has 21 heavy (non-hydrogen) atoms. The quantitative estimate of drug-likeness (QED) is 0.670. The molecule has 0 aliphatic heterocycles. The molecule has 7 heteroatoms. The van der Waals surface area contributed by atoms with E-state index in [2.05, 4.69) is 19.2 Å². The summed E-state index contributed by atoms with van der Waals surface area (Å²) in [7, 11) is 0. The number of primary amides is 1. The van der Waals surface area contributed by atoms with Crippen LogP contribution in [0.5, 0.6) is 0 Å². The van der Waals surface area contributed by atoms with Gasteiger partial charge in [-0.2, -0.15) is 0 Å². The number of rotatable bonds is 7. The van der Waals surface area contributed by atoms with Crippen LogP contribution in [0.2, 0.25) is 0 Å². The Morgan fingerprint density at radius 1 is 1.33 bits per heavy atom. The van der Waals surface area contributed by atoms with Gasteiger partial charge in [-0.3, -0.25) is 4.79 Å². The summed E-state index contributed by atoms with van der Waals surface area (Å²) in [6.07, 6.45) is 0.879. The molecular formula is C14H23N3O3S. The summed E-state index contributed by atoms with van der Waals surface area (Å²) in [4.78, 5) is 23.7. The second kappa shape index (κ2) is 7.31. The molecule has 5 N–H and O–H groups in total. The van der Waals surface area contributed by atoms with E-state index < -0.39 is 11.9 Å². The highest BCUT2D eigenvalue weighted by Crippen LogP contribution is 2.37. The number of hydrogen-bond acceptors (Lipinski definition) is 6. The molecule has 1 atom stereocenters. The highest BCUT2D eigenvalue weighted by atomic mass is 32.1. The molecule has 0 spiro atoms. The van der Waals surface area contributed by atoms with Crippen molar-refractivity contribution >= 4 is 33.9 Å². The molecule has 0 aromatic carbocycles. The highest BCUT2D eigenvalue weighted by molar-refractivity contribution is 7.19. The average Bonchev–Trinajstić information content (AvgIpc) is 2.72. The second-order valence-corrected chi connectivity index (χ2v) is 6.06. The van der Waals surface area contributed by atoms with Gasteiger partial charge < -0.3 is 21.5 Å². The third-order valence-electron chi connectivity index (χ3n) is 3.21. The van der Waals surface area contributed by atoms with Gasteiger partial charge in [0.1, 0.15) is 15.4 Å². The maximum absolute atomic E-state index is 12.1. The third kappa shape index (κ3) is 3.87. The Balaban J connectivity index is 3.25. The van der Waals surface area contributed by atoms with E-state index in [0.29, 0.717) is 10.9 Å². The lowest BCUT2D eigenvalue weighted by molar-refractivity contribution is 0.0529. The lowest BCUT2D eigenvalue weighted by atomic mass is 10.0. The number of thiophene rings is 1. The molecule has 1 unspecified atom stereocenters. The number of amides is 1. The number of nitrogens with one attached hydrogen (secondary N) is 1. The first kappa shape index (κ1) is 17.3. The SMILES string of the molecule is CCOC(=O)c1c(NC(CC)C(C)C)sc(C(N)=O)c1N. The lowest BCUT2D eigenvalue weighted by Crippen LogP contribution is -2.25. The summed E-state index contributed by atoms with van der Waals surface area (Å²) in [5, 5.41) is 3.82. The van der Waals surface area contributed by atoms with E-state index >= 15 is 0 Å². The van der Waals surface area contributed by atoms with Crippen LogP contribution in [0.4, 0.5) is 10.7 Å². The van der Waals surface area contributed by atoms with E-state index in [9.17, 15) is 9.59 Å². The fourth-order valence-electron chi connectivity index (χ4n) is 2.04. The van der Waals surface area contributed by atoms with Crippen molar-refractivity contribution in [3.63, 3.8) is 0 Å². The number of nitrogens with two attached hydrogens (primary N) is 2. The maximum atomic E-state index is 12.1. The minimum absolute atomic E-state index is 0.0899. The number of hydrogen-bond donors (Lipinski definition) is 3. The summed E-state index contributed by atoms with van der Waals surface area (Å²) in [6.45, 7) is 8.16. The van der Waals surface area contributed by atoms with Gasteiger partial charge in [0.15, 0.2) is 0 Å². The smallest absolute Gasteiger partial charge is 0.343 e.